The Kier molecular flexibility index (Phi) is 6.95. The van der Waals surface area contributed by atoms with Gasteiger partial charge in [-0.15, -0.1) is 0 Å². The van der Waals surface area contributed by atoms with Gasteiger partial charge in [-0.1, -0.05) is 30.1 Å². The zero-order valence-electron chi connectivity index (χ0n) is 11.9. The van der Waals surface area contributed by atoms with Gasteiger partial charge in [0, 0.05) is 11.1 Å². The fourth-order valence-electron chi connectivity index (χ4n) is 1.93. The molecule has 1 aromatic carbocycles. The van der Waals surface area contributed by atoms with Gasteiger partial charge in [0.2, 0.25) is 5.91 Å². The molecule has 116 valence electrons. The van der Waals surface area contributed by atoms with Crippen molar-refractivity contribution in [2.75, 3.05) is 18.4 Å². The summed E-state index contributed by atoms with van der Waals surface area (Å²) < 4.78 is 0. The predicted octanol–water partition coefficient (Wildman–Crippen LogP) is 3.12. The Morgan fingerprint density at radius 2 is 2.05 bits per heavy atom. The van der Waals surface area contributed by atoms with Gasteiger partial charge in [-0.2, -0.15) is 0 Å². The first-order valence-electron chi connectivity index (χ1n) is 6.54. The first-order chi connectivity index (χ1) is 9.83. The van der Waals surface area contributed by atoms with Crippen LogP contribution in [0.2, 0.25) is 10.0 Å². The van der Waals surface area contributed by atoms with E-state index < -0.39 is 5.97 Å². The summed E-state index contributed by atoms with van der Waals surface area (Å²) in [6, 6.07) is 4.57. The number of carbonyl (C=O) groups excluding carboxylic acids is 1. The van der Waals surface area contributed by atoms with Crippen molar-refractivity contribution in [2.45, 2.75) is 26.3 Å². The molecule has 1 unspecified atom stereocenters. The van der Waals surface area contributed by atoms with Crippen LogP contribution in [0.3, 0.4) is 0 Å². The Balaban J connectivity index is 2.66. The number of nitrogens with zero attached hydrogens (tertiary/aromatic N) is 1. The Hall–Kier alpha value is -1.30. The molecule has 7 heteroatoms. The summed E-state index contributed by atoms with van der Waals surface area (Å²) in [5, 5.41) is 12.4. The molecule has 0 aliphatic carbocycles. The van der Waals surface area contributed by atoms with Crippen LogP contribution in [-0.2, 0) is 9.59 Å². The van der Waals surface area contributed by atoms with Gasteiger partial charge in [0.05, 0.1) is 23.7 Å². The maximum absolute atomic E-state index is 12.0. The lowest BCUT2D eigenvalue weighted by Gasteiger charge is -2.26. The zero-order chi connectivity index (χ0) is 16.0. The lowest BCUT2D eigenvalue weighted by Crippen LogP contribution is -2.40. The number of likely N-dealkylation sites (N-methyl/N-ethyl adjacent to an activating group) is 1. The summed E-state index contributed by atoms with van der Waals surface area (Å²) in [5.74, 6) is -1.16. The fraction of sp³-hybridized carbons (Fsp3) is 0.429. The van der Waals surface area contributed by atoms with Crippen molar-refractivity contribution >= 4 is 40.8 Å². The highest BCUT2D eigenvalue weighted by Crippen LogP contribution is 2.25. The Morgan fingerprint density at radius 1 is 1.38 bits per heavy atom. The molecular weight excluding hydrogens is 315 g/mol. The number of anilines is 1. The quantitative estimate of drug-likeness (QED) is 0.804. The normalized spacial score (nSPS) is 12.2. The van der Waals surface area contributed by atoms with Crippen molar-refractivity contribution in [1.82, 2.24) is 4.90 Å². The van der Waals surface area contributed by atoms with E-state index in [1.54, 1.807) is 30.0 Å². The Bertz CT molecular complexity index is 523. The molecule has 0 radical (unpaired) electrons. The molecule has 0 spiro atoms. The van der Waals surface area contributed by atoms with Crippen LogP contribution in [0, 0.1) is 0 Å². The van der Waals surface area contributed by atoms with Crippen molar-refractivity contribution in [3.63, 3.8) is 0 Å². The molecule has 2 N–H and O–H groups in total. The maximum atomic E-state index is 12.0. The molecule has 0 fully saturated rings. The highest BCUT2D eigenvalue weighted by atomic mass is 35.5. The van der Waals surface area contributed by atoms with Gasteiger partial charge in [0.25, 0.3) is 0 Å². The van der Waals surface area contributed by atoms with E-state index in [1.807, 2.05) is 6.92 Å². The minimum absolute atomic E-state index is 0.0148. The molecule has 0 saturated heterocycles. The molecule has 1 rings (SSSR count). The van der Waals surface area contributed by atoms with E-state index >= 15 is 0 Å². The molecule has 0 heterocycles. The number of rotatable bonds is 7. The molecule has 0 aliphatic rings. The average molecular weight is 333 g/mol. The number of halogens is 2. The Labute approximate surface area is 133 Å². The third kappa shape index (κ3) is 5.91. The second-order valence-corrected chi connectivity index (χ2v) is 5.53. The van der Waals surface area contributed by atoms with Gasteiger partial charge in [0.15, 0.2) is 0 Å². The molecule has 0 aliphatic heterocycles. The van der Waals surface area contributed by atoms with E-state index in [-0.39, 0.29) is 24.9 Å². The van der Waals surface area contributed by atoms with Crippen LogP contribution in [0.5, 0.6) is 0 Å². The summed E-state index contributed by atoms with van der Waals surface area (Å²) >= 11 is 11.8. The molecule has 1 aromatic rings. The number of nitrogens with one attached hydrogen (secondary N) is 1. The SMILES string of the molecule is CCN(CC(=O)Nc1cc(Cl)ccc1Cl)C(C)CC(=O)O. The molecule has 0 bridgehead atoms. The second-order valence-electron chi connectivity index (χ2n) is 4.68. The maximum Gasteiger partial charge on any atom is 0.304 e. The van der Waals surface area contributed by atoms with Crippen LogP contribution < -0.4 is 5.32 Å². The first-order valence-corrected chi connectivity index (χ1v) is 7.29. The van der Waals surface area contributed by atoms with Crippen molar-refractivity contribution in [1.29, 1.82) is 0 Å². The monoisotopic (exact) mass is 332 g/mol. The topological polar surface area (TPSA) is 69.6 Å². The third-order valence-electron chi connectivity index (χ3n) is 3.05. The number of carboxylic acid groups (broad SMARTS) is 1. The average Bonchev–Trinajstić information content (AvgIpc) is 2.39. The van der Waals surface area contributed by atoms with Crippen LogP contribution in [0.15, 0.2) is 18.2 Å². The largest absolute Gasteiger partial charge is 0.481 e. The smallest absolute Gasteiger partial charge is 0.304 e. The summed E-state index contributed by atoms with van der Waals surface area (Å²) in [4.78, 5) is 24.5. The van der Waals surface area contributed by atoms with Crippen molar-refractivity contribution in [3.8, 4) is 0 Å². The molecule has 0 aromatic heterocycles. The minimum atomic E-state index is -0.890. The number of carbonyl (C=O) groups is 2. The number of amides is 1. The van der Waals surface area contributed by atoms with Gasteiger partial charge in [0.1, 0.15) is 0 Å². The van der Waals surface area contributed by atoms with Crippen LogP contribution in [-0.4, -0.2) is 41.0 Å². The van der Waals surface area contributed by atoms with Crippen molar-refractivity contribution in [3.05, 3.63) is 28.2 Å². The number of hydrogen-bond acceptors (Lipinski definition) is 3. The Morgan fingerprint density at radius 3 is 2.62 bits per heavy atom. The van der Waals surface area contributed by atoms with Gasteiger partial charge in [-0.05, 0) is 31.7 Å². The summed E-state index contributed by atoms with van der Waals surface area (Å²) in [6.07, 6.45) is -0.0148. The molecule has 1 atom stereocenters. The second kappa shape index (κ2) is 8.22. The minimum Gasteiger partial charge on any atom is -0.481 e. The summed E-state index contributed by atoms with van der Waals surface area (Å²) in [7, 11) is 0. The van der Waals surface area contributed by atoms with E-state index in [1.165, 1.54) is 0 Å². The number of benzene rings is 1. The summed E-state index contributed by atoms with van der Waals surface area (Å²) in [5.41, 5.74) is 0.441. The number of carboxylic acids is 1. The van der Waals surface area contributed by atoms with E-state index in [4.69, 9.17) is 28.3 Å². The van der Waals surface area contributed by atoms with Gasteiger partial charge in [-0.25, -0.2) is 0 Å². The molecule has 0 saturated carbocycles. The highest BCUT2D eigenvalue weighted by Gasteiger charge is 2.18. The van der Waals surface area contributed by atoms with Crippen molar-refractivity contribution in [2.24, 2.45) is 0 Å². The number of aliphatic carboxylic acids is 1. The highest BCUT2D eigenvalue weighted by molar-refractivity contribution is 6.35. The molecule has 5 nitrogen and oxygen atoms in total. The van der Waals surface area contributed by atoms with E-state index in [0.717, 1.165) is 0 Å². The van der Waals surface area contributed by atoms with Crippen LogP contribution in [0.25, 0.3) is 0 Å². The third-order valence-corrected chi connectivity index (χ3v) is 3.61. The lowest BCUT2D eigenvalue weighted by molar-refractivity contribution is -0.138. The van der Waals surface area contributed by atoms with E-state index in [9.17, 15) is 9.59 Å². The van der Waals surface area contributed by atoms with Gasteiger partial charge in [-0.3, -0.25) is 14.5 Å². The van der Waals surface area contributed by atoms with E-state index in [2.05, 4.69) is 5.32 Å². The zero-order valence-corrected chi connectivity index (χ0v) is 13.4. The van der Waals surface area contributed by atoms with Crippen molar-refractivity contribution < 1.29 is 14.7 Å². The standard InChI is InChI=1S/C14H18Cl2N2O3/c1-3-18(9(2)6-14(20)21)8-13(19)17-12-7-10(15)4-5-11(12)16/h4-5,7,9H,3,6,8H2,1-2H3,(H,17,19)(H,20,21). The molecule has 21 heavy (non-hydrogen) atoms. The molecular formula is C14H18Cl2N2O3. The number of hydrogen-bond donors (Lipinski definition) is 2. The van der Waals surface area contributed by atoms with Crippen LogP contribution in [0.1, 0.15) is 20.3 Å². The van der Waals surface area contributed by atoms with Crippen LogP contribution in [0.4, 0.5) is 5.69 Å². The van der Waals surface area contributed by atoms with Crippen LogP contribution >= 0.6 is 23.2 Å². The summed E-state index contributed by atoms with van der Waals surface area (Å²) in [6.45, 7) is 4.31. The predicted molar refractivity (Wildman–Crippen MR) is 84.1 cm³/mol. The van der Waals surface area contributed by atoms with Gasteiger partial charge >= 0.3 is 5.97 Å². The molecule has 1 amide bonds. The fourth-order valence-corrected chi connectivity index (χ4v) is 2.27. The lowest BCUT2D eigenvalue weighted by atomic mass is 10.2. The van der Waals surface area contributed by atoms with E-state index in [0.29, 0.717) is 22.3 Å². The van der Waals surface area contributed by atoms with Gasteiger partial charge < -0.3 is 10.4 Å². The first kappa shape index (κ1) is 17.8.